The van der Waals surface area contributed by atoms with Gasteiger partial charge in [0.05, 0.1) is 36.0 Å². The highest BCUT2D eigenvalue weighted by molar-refractivity contribution is 5.94. The Bertz CT molecular complexity index is 937. The molecule has 3 aromatic rings. The van der Waals surface area contributed by atoms with Crippen LogP contribution in [0.3, 0.4) is 0 Å². The molecule has 0 saturated carbocycles. The van der Waals surface area contributed by atoms with Crippen LogP contribution in [0.15, 0.2) is 60.9 Å². The molecule has 26 heavy (non-hydrogen) atoms. The van der Waals surface area contributed by atoms with Gasteiger partial charge in [-0.3, -0.25) is 14.9 Å². The van der Waals surface area contributed by atoms with E-state index in [2.05, 4.69) is 10.4 Å². The molecule has 0 aliphatic rings. The molecule has 0 spiro atoms. The van der Waals surface area contributed by atoms with Crippen molar-refractivity contribution in [2.24, 2.45) is 0 Å². The molecule has 0 aliphatic carbocycles. The lowest BCUT2D eigenvalue weighted by Crippen LogP contribution is -2.15. The minimum atomic E-state index is -0.529. The van der Waals surface area contributed by atoms with E-state index in [1.165, 1.54) is 25.3 Å². The first-order chi connectivity index (χ1) is 12.6. The number of ether oxygens (including phenoxy) is 1. The Kier molecular flexibility index (Phi) is 4.93. The number of nitro benzene ring substituents is 1. The van der Waals surface area contributed by atoms with Gasteiger partial charge in [-0.25, -0.2) is 4.68 Å². The molecule has 1 aromatic heterocycles. The van der Waals surface area contributed by atoms with Crippen LogP contribution in [0, 0.1) is 10.1 Å². The van der Waals surface area contributed by atoms with Gasteiger partial charge in [0.2, 0.25) is 5.91 Å². The first kappa shape index (κ1) is 17.2. The summed E-state index contributed by atoms with van der Waals surface area (Å²) >= 11 is 0. The summed E-state index contributed by atoms with van der Waals surface area (Å²) < 4.78 is 6.82. The van der Waals surface area contributed by atoms with E-state index in [1.54, 1.807) is 17.1 Å². The van der Waals surface area contributed by atoms with E-state index in [9.17, 15) is 14.9 Å². The molecule has 0 aliphatic heterocycles. The number of anilines is 1. The van der Waals surface area contributed by atoms with Gasteiger partial charge in [0, 0.05) is 18.3 Å². The van der Waals surface area contributed by atoms with Crippen LogP contribution in [0.1, 0.15) is 5.56 Å². The molecule has 1 amide bonds. The summed E-state index contributed by atoms with van der Waals surface area (Å²) in [6.45, 7) is 0. The zero-order valence-corrected chi connectivity index (χ0v) is 14.0. The number of methoxy groups -OCH3 is 1. The number of carbonyl (C=O) groups excluding carboxylic acids is 1. The summed E-state index contributed by atoms with van der Waals surface area (Å²) in [7, 11) is 1.43. The number of amides is 1. The molecular weight excluding hydrogens is 336 g/mol. The van der Waals surface area contributed by atoms with Crippen LogP contribution in [-0.2, 0) is 11.2 Å². The number of nitrogens with one attached hydrogen (secondary N) is 1. The lowest BCUT2D eigenvalue weighted by atomic mass is 10.2. The molecule has 0 atom stereocenters. The molecule has 132 valence electrons. The van der Waals surface area contributed by atoms with Crippen molar-refractivity contribution in [1.82, 2.24) is 9.78 Å². The first-order valence-electron chi connectivity index (χ1n) is 7.78. The molecule has 0 bridgehead atoms. The number of rotatable bonds is 6. The van der Waals surface area contributed by atoms with Crippen LogP contribution in [0.25, 0.3) is 5.69 Å². The Balaban J connectivity index is 1.73. The number of carbonyl (C=O) groups is 1. The van der Waals surface area contributed by atoms with Gasteiger partial charge in [0.1, 0.15) is 5.75 Å². The number of hydrogen-bond donors (Lipinski definition) is 1. The zero-order valence-electron chi connectivity index (χ0n) is 14.0. The summed E-state index contributed by atoms with van der Waals surface area (Å²) in [4.78, 5) is 22.7. The average Bonchev–Trinajstić information content (AvgIpc) is 3.10. The largest absolute Gasteiger partial charge is 0.495 e. The van der Waals surface area contributed by atoms with Crippen molar-refractivity contribution < 1.29 is 14.5 Å². The number of para-hydroxylation sites is 1. The second kappa shape index (κ2) is 7.47. The molecule has 2 aromatic carbocycles. The number of non-ortho nitro benzene ring substituents is 1. The molecule has 1 N–H and O–H groups in total. The molecule has 8 heteroatoms. The van der Waals surface area contributed by atoms with Crippen LogP contribution in [0.5, 0.6) is 5.75 Å². The van der Waals surface area contributed by atoms with Crippen molar-refractivity contribution in [3.8, 4) is 11.4 Å². The molecule has 0 unspecified atom stereocenters. The Labute approximate surface area is 149 Å². The maximum atomic E-state index is 12.3. The molecule has 0 radical (unpaired) electrons. The lowest BCUT2D eigenvalue weighted by molar-refractivity contribution is -0.384. The van der Waals surface area contributed by atoms with Crippen LogP contribution in [0.2, 0.25) is 0 Å². The Morgan fingerprint density at radius 3 is 2.73 bits per heavy atom. The second-order valence-electron chi connectivity index (χ2n) is 5.50. The Morgan fingerprint density at radius 2 is 2.04 bits per heavy atom. The summed E-state index contributed by atoms with van der Waals surface area (Å²) in [5.41, 5.74) is 1.73. The number of hydrogen-bond acceptors (Lipinski definition) is 5. The van der Waals surface area contributed by atoms with Gasteiger partial charge in [-0.2, -0.15) is 5.10 Å². The third-order valence-corrected chi connectivity index (χ3v) is 3.69. The summed E-state index contributed by atoms with van der Waals surface area (Å²) in [5.74, 6) is 0.0281. The predicted octanol–water partition coefficient (Wildman–Crippen LogP) is 2.97. The quantitative estimate of drug-likeness (QED) is 0.543. The van der Waals surface area contributed by atoms with Crippen LogP contribution < -0.4 is 10.1 Å². The summed E-state index contributed by atoms with van der Waals surface area (Å²) in [6, 6.07) is 13.6. The zero-order chi connectivity index (χ0) is 18.5. The smallest absolute Gasteiger partial charge is 0.271 e. The highest BCUT2D eigenvalue weighted by Crippen LogP contribution is 2.29. The van der Waals surface area contributed by atoms with Gasteiger partial charge in [-0.15, -0.1) is 0 Å². The van der Waals surface area contributed by atoms with Crippen LogP contribution in [-0.4, -0.2) is 27.7 Å². The minimum Gasteiger partial charge on any atom is -0.495 e. The first-order valence-corrected chi connectivity index (χ1v) is 7.78. The fourth-order valence-corrected chi connectivity index (χ4v) is 2.46. The van der Waals surface area contributed by atoms with E-state index in [1.807, 2.05) is 30.3 Å². The molecule has 3 rings (SSSR count). The van der Waals surface area contributed by atoms with Crippen molar-refractivity contribution >= 4 is 17.3 Å². The van der Waals surface area contributed by atoms with Gasteiger partial charge in [-0.1, -0.05) is 18.2 Å². The number of nitrogens with zero attached hydrogens (tertiary/aromatic N) is 3. The monoisotopic (exact) mass is 352 g/mol. The highest BCUT2D eigenvalue weighted by atomic mass is 16.6. The molecule has 8 nitrogen and oxygen atoms in total. The lowest BCUT2D eigenvalue weighted by Gasteiger charge is -2.09. The second-order valence-corrected chi connectivity index (χ2v) is 5.50. The maximum absolute atomic E-state index is 12.3. The maximum Gasteiger partial charge on any atom is 0.271 e. The minimum absolute atomic E-state index is 0.0820. The van der Waals surface area contributed by atoms with Crippen molar-refractivity contribution in [3.63, 3.8) is 0 Å². The van der Waals surface area contributed by atoms with Crippen molar-refractivity contribution in [3.05, 3.63) is 76.6 Å². The van der Waals surface area contributed by atoms with Gasteiger partial charge in [-0.05, 0) is 23.8 Å². The van der Waals surface area contributed by atoms with Gasteiger partial charge >= 0.3 is 0 Å². The van der Waals surface area contributed by atoms with Crippen molar-refractivity contribution in [2.45, 2.75) is 6.42 Å². The van der Waals surface area contributed by atoms with Gasteiger partial charge in [0.25, 0.3) is 5.69 Å². The Morgan fingerprint density at radius 1 is 1.27 bits per heavy atom. The third-order valence-electron chi connectivity index (χ3n) is 3.69. The van der Waals surface area contributed by atoms with Gasteiger partial charge < -0.3 is 10.1 Å². The topological polar surface area (TPSA) is 99.3 Å². The average molecular weight is 352 g/mol. The fraction of sp³-hybridized carbons (Fsp3) is 0.111. The predicted molar refractivity (Wildman–Crippen MR) is 95.5 cm³/mol. The molecular formula is C18H16N4O4. The summed E-state index contributed by atoms with van der Waals surface area (Å²) in [5, 5.41) is 17.8. The van der Waals surface area contributed by atoms with E-state index >= 15 is 0 Å². The number of aromatic nitrogens is 2. The van der Waals surface area contributed by atoms with E-state index in [-0.39, 0.29) is 23.7 Å². The van der Waals surface area contributed by atoms with E-state index in [4.69, 9.17) is 4.74 Å². The molecule has 1 heterocycles. The third kappa shape index (κ3) is 3.86. The molecule has 0 saturated heterocycles. The number of benzene rings is 2. The fourth-order valence-electron chi connectivity index (χ4n) is 2.46. The van der Waals surface area contributed by atoms with E-state index in [0.717, 1.165) is 11.3 Å². The molecule has 0 fully saturated rings. The van der Waals surface area contributed by atoms with E-state index in [0.29, 0.717) is 5.75 Å². The van der Waals surface area contributed by atoms with Crippen molar-refractivity contribution in [2.75, 3.05) is 12.4 Å². The normalized spacial score (nSPS) is 10.3. The van der Waals surface area contributed by atoms with Crippen molar-refractivity contribution in [1.29, 1.82) is 0 Å². The SMILES string of the molecule is COc1ccc([N+](=O)[O-])cc1NC(=O)Cc1cnn(-c2ccccc2)c1. The highest BCUT2D eigenvalue weighted by Gasteiger charge is 2.14. The number of nitro groups is 1. The van der Waals surface area contributed by atoms with Crippen LogP contribution >= 0.6 is 0 Å². The van der Waals surface area contributed by atoms with Gasteiger partial charge in [0.15, 0.2) is 0 Å². The Hall–Kier alpha value is -3.68. The van der Waals surface area contributed by atoms with E-state index < -0.39 is 4.92 Å². The standard InChI is InChI=1S/C18H16N4O4/c1-26-17-8-7-15(22(24)25)10-16(17)20-18(23)9-13-11-19-21(12-13)14-5-3-2-4-6-14/h2-8,10-12H,9H2,1H3,(H,20,23). The van der Waals surface area contributed by atoms with Crippen LogP contribution in [0.4, 0.5) is 11.4 Å². The summed E-state index contributed by atoms with van der Waals surface area (Å²) in [6.07, 6.45) is 3.45.